The molecule has 176 valence electrons. The summed E-state index contributed by atoms with van der Waals surface area (Å²) < 4.78 is 6.55. The van der Waals surface area contributed by atoms with Crippen molar-refractivity contribution in [3.8, 4) is 11.5 Å². The molecule has 2 aliphatic heterocycles. The highest BCUT2D eigenvalue weighted by Crippen LogP contribution is 2.66. The molecule has 3 fully saturated rings. The summed E-state index contributed by atoms with van der Waals surface area (Å²) in [5.74, 6) is 1.36. The molecule has 2 N–H and O–H groups in total. The molecule has 0 radical (unpaired) electrons. The first-order valence-corrected chi connectivity index (χ1v) is 12.5. The molecule has 0 unspecified atom stereocenters. The number of hydrogen-bond donors (Lipinski definition) is 2. The molecule has 1 spiro atoms. The van der Waals surface area contributed by atoms with Gasteiger partial charge in [-0.05, 0) is 69.5 Å². The number of aliphatic hydroxyl groups is 1. The Morgan fingerprint density at radius 2 is 2.09 bits per heavy atom. The van der Waals surface area contributed by atoms with Crippen LogP contribution in [0.1, 0.15) is 50.2 Å². The SMILES string of the molecule is CC=CC=CC(=O)N(C)[C@@H]1CC[C@@]2(O)[C@H]3Cc4ccc(O)c5c4[C@@]2(CCN3CC2CC2)[C@H]1O5. The first kappa shape index (κ1) is 21.2. The quantitative estimate of drug-likeness (QED) is 0.533. The van der Waals surface area contributed by atoms with Crippen molar-refractivity contribution in [1.29, 1.82) is 0 Å². The van der Waals surface area contributed by atoms with Crippen LogP contribution in [0.4, 0.5) is 0 Å². The second kappa shape index (κ2) is 7.34. The van der Waals surface area contributed by atoms with Gasteiger partial charge in [-0.25, -0.2) is 0 Å². The van der Waals surface area contributed by atoms with Gasteiger partial charge in [0.2, 0.25) is 5.91 Å². The summed E-state index contributed by atoms with van der Waals surface area (Å²) in [4.78, 5) is 17.3. The lowest BCUT2D eigenvalue weighted by atomic mass is 9.48. The van der Waals surface area contributed by atoms with Gasteiger partial charge in [-0.3, -0.25) is 9.69 Å². The van der Waals surface area contributed by atoms with Crippen LogP contribution in [0.3, 0.4) is 0 Å². The molecule has 6 heteroatoms. The number of phenols is 1. The van der Waals surface area contributed by atoms with Gasteiger partial charge in [0.25, 0.3) is 0 Å². The minimum atomic E-state index is -0.919. The van der Waals surface area contributed by atoms with Gasteiger partial charge in [-0.1, -0.05) is 24.3 Å². The summed E-state index contributed by atoms with van der Waals surface area (Å²) in [7, 11) is 1.84. The van der Waals surface area contributed by atoms with Crippen LogP contribution in [0.2, 0.25) is 0 Å². The number of rotatable bonds is 5. The lowest BCUT2D eigenvalue weighted by Crippen LogP contribution is -2.78. The maximum Gasteiger partial charge on any atom is 0.246 e. The van der Waals surface area contributed by atoms with E-state index in [0.29, 0.717) is 18.6 Å². The molecule has 6 rings (SSSR count). The highest BCUT2D eigenvalue weighted by molar-refractivity contribution is 5.88. The number of likely N-dealkylation sites (N-methyl/N-ethyl adjacent to an activating group) is 1. The smallest absolute Gasteiger partial charge is 0.246 e. The predicted molar refractivity (Wildman–Crippen MR) is 125 cm³/mol. The van der Waals surface area contributed by atoms with Crippen molar-refractivity contribution in [2.24, 2.45) is 5.92 Å². The van der Waals surface area contributed by atoms with Crippen molar-refractivity contribution in [2.75, 3.05) is 20.1 Å². The molecule has 3 aliphatic carbocycles. The standard InChI is InChI=1S/C27H34N2O4/c1-3-4-5-6-22(31)28(2)19-11-12-27(32)21-15-18-9-10-20(30)24-23(18)26(27,25(19)33-24)13-14-29(21)16-17-7-8-17/h3-6,9-10,17,19,21,25,30,32H,7-8,11-16H2,1-2H3/t19-,21-,25+,26+,27-/m1/s1. The zero-order valence-electron chi connectivity index (χ0n) is 19.5. The fraction of sp³-hybridized carbons (Fsp3) is 0.593. The van der Waals surface area contributed by atoms with Gasteiger partial charge >= 0.3 is 0 Å². The van der Waals surface area contributed by atoms with Gasteiger partial charge in [0.15, 0.2) is 11.5 Å². The number of piperidine rings is 1. The lowest BCUT2D eigenvalue weighted by Gasteiger charge is -2.64. The van der Waals surface area contributed by atoms with E-state index in [1.54, 1.807) is 23.1 Å². The molecule has 1 aromatic carbocycles. The predicted octanol–water partition coefficient (Wildman–Crippen LogP) is 2.92. The van der Waals surface area contributed by atoms with Gasteiger partial charge < -0.3 is 19.8 Å². The maximum atomic E-state index is 13.0. The molecule has 1 aromatic rings. The molecule has 33 heavy (non-hydrogen) atoms. The van der Waals surface area contributed by atoms with Crippen LogP contribution in [-0.4, -0.2) is 69.8 Å². The normalized spacial score (nSPS) is 36.8. The third kappa shape index (κ3) is 2.83. The number of nitrogens with zero attached hydrogens (tertiary/aromatic N) is 2. The van der Waals surface area contributed by atoms with Crippen LogP contribution < -0.4 is 4.74 Å². The van der Waals surface area contributed by atoms with E-state index in [9.17, 15) is 15.0 Å². The summed E-state index contributed by atoms with van der Waals surface area (Å²) in [5, 5.41) is 23.2. The van der Waals surface area contributed by atoms with E-state index in [2.05, 4.69) is 4.90 Å². The van der Waals surface area contributed by atoms with E-state index in [1.165, 1.54) is 18.4 Å². The number of phenolic OH excluding ortho intramolecular Hbond substituents is 1. The van der Waals surface area contributed by atoms with Crippen LogP contribution >= 0.6 is 0 Å². The first-order chi connectivity index (χ1) is 15.9. The number of amides is 1. The molecule has 1 amide bonds. The lowest BCUT2D eigenvalue weighted by molar-refractivity contribution is -0.200. The van der Waals surface area contributed by atoms with Crippen LogP contribution in [0.25, 0.3) is 0 Å². The highest BCUT2D eigenvalue weighted by atomic mass is 16.5. The monoisotopic (exact) mass is 450 g/mol. The molecular formula is C27H34N2O4. The second-order valence-corrected chi connectivity index (χ2v) is 10.7. The van der Waals surface area contributed by atoms with E-state index >= 15 is 0 Å². The Morgan fingerprint density at radius 1 is 1.27 bits per heavy atom. The van der Waals surface area contributed by atoms with Crippen LogP contribution in [-0.2, 0) is 16.6 Å². The average Bonchev–Trinajstić information content (AvgIpc) is 3.54. The van der Waals surface area contributed by atoms with E-state index < -0.39 is 11.0 Å². The Labute approximate surface area is 195 Å². The molecule has 0 aromatic heterocycles. The summed E-state index contributed by atoms with van der Waals surface area (Å²) in [6, 6.07) is 3.64. The maximum absolute atomic E-state index is 13.0. The zero-order chi connectivity index (χ0) is 23.0. The summed E-state index contributed by atoms with van der Waals surface area (Å²) >= 11 is 0. The number of benzene rings is 1. The number of hydrogen-bond acceptors (Lipinski definition) is 5. The Balaban J connectivity index is 1.43. The number of aromatic hydroxyl groups is 1. The van der Waals surface area contributed by atoms with Gasteiger partial charge in [-0.2, -0.15) is 0 Å². The van der Waals surface area contributed by atoms with Gasteiger partial charge in [0.1, 0.15) is 6.10 Å². The van der Waals surface area contributed by atoms with E-state index in [0.717, 1.165) is 37.4 Å². The van der Waals surface area contributed by atoms with Crippen LogP contribution in [0.15, 0.2) is 36.4 Å². The van der Waals surface area contributed by atoms with Gasteiger partial charge in [-0.15, -0.1) is 0 Å². The molecule has 2 heterocycles. The Bertz CT molecular complexity index is 1050. The largest absolute Gasteiger partial charge is 0.504 e. The number of ether oxygens (including phenoxy) is 1. The van der Waals surface area contributed by atoms with E-state index in [-0.39, 0.29) is 29.8 Å². The molecule has 6 nitrogen and oxygen atoms in total. The molecule has 5 atom stereocenters. The first-order valence-electron chi connectivity index (χ1n) is 12.5. The average molecular weight is 451 g/mol. The van der Waals surface area contributed by atoms with Gasteiger partial charge in [0.05, 0.1) is 17.1 Å². The molecule has 5 aliphatic rings. The fourth-order valence-corrected chi connectivity index (χ4v) is 7.38. The molecule has 2 saturated carbocycles. The third-order valence-corrected chi connectivity index (χ3v) is 9.12. The number of likely N-dealkylation sites (tertiary alicyclic amines) is 1. The highest BCUT2D eigenvalue weighted by Gasteiger charge is 2.73. The minimum Gasteiger partial charge on any atom is -0.504 e. The molecular weight excluding hydrogens is 416 g/mol. The number of carbonyl (C=O) groups excluding carboxylic acids is 1. The molecule has 1 saturated heterocycles. The Hall–Kier alpha value is -2.31. The second-order valence-electron chi connectivity index (χ2n) is 10.7. The number of allylic oxidation sites excluding steroid dienone is 3. The van der Waals surface area contributed by atoms with Gasteiger partial charge in [0, 0.05) is 31.3 Å². The van der Waals surface area contributed by atoms with Crippen molar-refractivity contribution >= 4 is 5.91 Å². The number of carbonyl (C=O) groups is 1. The summed E-state index contributed by atoms with van der Waals surface area (Å²) in [5.41, 5.74) is 0.678. The molecule has 2 bridgehead atoms. The van der Waals surface area contributed by atoms with Crippen molar-refractivity contribution in [3.05, 3.63) is 47.6 Å². The van der Waals surface area contributed by atoms with Crippen molar-refractivity contribution in [1.82, 2.24) is 9.80 Å². The summed E-state index contributed by atoms with van der Waals surface area (Å²) in [6.45, 7) is 3.90. The fourth-order valence-electron chi connectivity index (χ4n) is 7.38. The topological polar surface area (TPSA) is 73.2 Å². The van der Waals surface area contributed by atoms with E-state index in [4.69, 9.17) is 4.74 Å². The minimum absolute atomic E-state index is 0.0532. The van der Waals surface area contributed by atoms with E-state index in [1.807, 2.05) is 32.2 Å². The third-order valence-electron chi connectivity index (χ3n) is 9.12. The summed E-state index contributed by atoms with van der Waals surface area (Å²) in [6.07, 6.45) is 12.2. The Kier molecular flexibility index (Phi) is 4.73. The van der Waals surface area contributed by atoms with Crippen molar-refractivity contribution < 1.29 is 19.7 Å². The van der Waals surface area contributed by atoms with Crippen LogP contribution in [0, 0.1) is 5.92 Å². The van der Waals surface area contributed by atoms with Crippen molar-refractivity contribution in [2.45, 2.75) is 74.7 Å². The Morgan fingerprint density at radius 3 is 2.85 bits per heavy atom. The van der Waals surface area contributed by atoms with Crippen LogP contribution in [0.5, 0.6) is 11.5 Å². The zero-order valence-corrected chi connectivity index (χ0v) is 19.5. The van der Waals surface area contributed by atoms with Crippen molar-refractivity contribution in [3.63, 3.8) is 0 Å².